The Bertz CT molecular complexity index is 3500. The number of aryl methyl sites for hydroxylation is 6. The van der Waals surface area contributed by atoms with Gasteiger partial charge in [-0.15, -0.1) is 0 Å². The number of aromatic nitrogens is 8. The van der Waals surface area contributed by atoms with Gasteiger partial charge in [-0.2, -0.15) is 0 Å². The lowest BCUT2D eigenvalue weighted by molar-refractivity contribution is -0.384. The highest BCUT2D eigenvalue weighted by Gasteiger charge is 2.30. The fourth-order valence-corrected chi connectivity index (χ4v) is 13.4. The number of nitro groups is 1. The molecule has 85 heavy (non-hydrogen) atoms. The van der Waals surface area contributed by atoms with Crippen molar-refractivity contribution < 1.29 is 4.92 Å². The normalized spacial score (nSPS) is 12.0. The molecule has 3 aromatic heterocycles. The van der Waals surface area contributed by atoms with Crippen LogP contribution in [0.1, 0.15) is 268 Å². The van der Waals surface area contributed by atoms with Crippen molar-refractivity contribution in [1.29, 1.82) is 0 Å². The van der Waals surface area contributed by atoms with Crippen molar-refractivity contribution in [2.45, 2.75) is 273 Å². The summed E-state index contributed by atoms with van der Waals surface area (Å²) < 4.78 is 0. The Hall–Kier alpha value is -6.36. The van der Waals surface area contributed by atoms with E-state index >= 15 is 0 Å². The predicted molar refractivity (Wildman–Crippen MR) is 357 cm³/mol. The molecule has 11 nitrogen and oxygen atoms in total. The summed E-state index contributed by atoms with van der Waals surface area (Å²) in [6.07, 6.45) is 40.9. The van der Waals surface area contributed by atoms with Crippen LogP contribution in [-0.2, 0) is 38.5 Å². The number of nitrogens with one attached hydrogen (secondary N) is 2. The summed E-state index contributed by atoms with van der Waals surface area (Å²) in [4.78, 5) is 54.2. The van der Waals surface area contributed by atoms with Gasteiger partial charge in [-0.05, 0) is 116 Å². The first-order chi connectivity index (χ1) is 41.8. The van der Waals surface area contributed by atoms with E-state index in [-0.39, 0.29) is 10.6 Å². The lowest BCUT2D eigenvalue weighted by Gasteiger charge is -2.13. The highest BCUT2D eigenvalue weighted by molar-refractivity contribution is 6.09. The summed E-state index contributed by atoms with van der Waals surface area (Å²) in [5.41, 5.74) is 14.4. The number of unbranched alkanes of at least 4 members (excludes halogenated alkanes) is 24. The minimum absolute atomic E-state index is 0.00266. The molecule has 454 valence electrons. The van der Waals surface area contributed by atoms with E-state index in [1.807, 2.05) is 6.07 Å². The van der Waals surface area contributed by atoms with E-state index in [2.05, 4.69) is 87.9 Å². The lowest BCUT2D eigenvalue weighted by Crippen LogP contribution is -1.98. The van der Waals surface area contributed by atoms with E-state index in [4.69, 9.17) is 29.9 Å². The van der Waals surface area contributed by atoms with Crippen LogP contribution in [0.3, 0.4) is 0 Å². The number of hydrogen-bond acceptors (Lipinski definition) is 8. The molecule has 2 N–H and O–H groups in total. The Morgan fingerprint density at radius 2 is 0.588 bits per heavy atom. The average Bonchev–Trinajstić information content (AvgIpc) is 2.39. The van der Waals surface area contributed by atoms with Gasteiger partial charge >= 0.3 is 0 Å². The summed E-state index contributed by atoms with van der Waals surface area (Å²) >= 11 is 0. The van der Waals surface area contributed by atoms with Crippen molar-refractivity contribution in [2.75, 3.05) is 0 Å². The van der Waals surface area contributed by atoms with E-state index in [1.54, 1.807) is 12.1 Å². The van der Waals surface area contributed by atoms with Crippen molar-refractivity contribution in [2.24, 2.45) is 0 Å². The molecule has 11 heteroatoms. The summed E-state index contributed by atoms with van der Waals surface area (Å²) in [7, 11) is 0. The van der Waals surface area contributed by atoms with E-state index in [0.29, 0.717) is 40.0 Å². The molecule has 0 aliphatic carbocycles. The summed E-state index contributed by atoms with van der Waals surface area (Å²) in [6.45, 7) is 13.7. The van der Waals surface area contributed by atoms with Crippen molar-refractivity contribution in [3.63, 3.8) is 0 Å². The van der Waals surface area contributed by atoms with E-state index in [9.17, 15) is 10.1 Å². The number of aromatic amines is 2. The maximum Gasteiger partial charge on any atom is 0.270 e. The Morgan fingerprint density at radius 3 is 0.906 bits per heavy atom. The van der Waals surface area contributed by atoms with Gasteiger partial charge in [-0.1, -0.05) is 232 Å². The van der Waals surface area contributed by atoms with E-state index in [1.165, 1.54) is 168 Å². The highest BCUT2D eigenvalue weighted by Crippen LogP contribution is 2.44. The Morgan fingerprint density at radius 1 is 0.318 bits per heavy atom. The second-order valence-electron chi connectivity index (χ2n) is 25.0. The summed E-state index contributed by atoms with van der Waals surface area (Å²) in [5.74, 6) is 2.53. The minimum atomic E-state index is -0.318. The maximum atomic E-state index is 12.7. The van der Waals surface area contributed by atoms with Crippen LogP contribution in [0.25, 0.3) is 89.7 Å². The van der Waals surface area contributed by atoms with Crippen molar-refractivity contribution in [1.82, 2.24) is 39.9 Å². The van der Waals surface area contributed by atoms with Crippen molar-refractivity contribution >= 4 is 49.8 Å². The first-order valence-electron chi connectivity index (χ1n) is 34.4. The standard InChI is InChI=1S/C74H101N9O2/c1-7-13-19-25-31-37-52-43-45-54(39-33-27-21-15-9-3)63-61(52)69-76-67-59-50-49-58(83(84)85)51-60(59)68(75-67)77-70-62-53(38-32-26-20-14-8-2)44-46-55(40-34-28-22-16-10-4)64(62)72(79-70)81-74-66-57(42-36-30-24-18-12-6)48-47-56(41-35-29-23-17-11-5)65(66)73(82-74)80-71(63)78-69/h43-51H,7-42H2,1-6H3,(H2,75,76,77,78,79,80,81,82). The molecule has 0 amide bonds. The largest absolute Gasteiger partial charge is 0.324 e. The van der Waals surface area contributed by atoms with Gasteiger partial charge in [0.25, 0.3) is 5.69 Å². The van der Waals surface area contributed by atoms with Gasteiger partial charge in [0.05, 0.1) is 4.92 Å². The number of non-ortho nitro benzene ring substituents is 1. The van der Waals surface area contributed by atoms with Gasteiger partial charge in [0.1, 0.15) is 22.6 Å². The fraction of sp³-hybridized carbons (Fsp3) is 0.568. The topological polar surface area (TPSA) is 152 Å². The lowest BCUT2D eigenvalue weighted by atomic mass is 9.91. The second-order valence-corrected chi connectivity index (χ2v) is 25.0. The van der Waals surface area contributed by atoms with Crippen LogP contribution in [0.4, 0.5) is 5.69 Å². The molecule has 4 aromatic carbocycles. The number of fused-ring (bicyclic) bond motifs is 20. The molecular weight excluding hydrogens is 1050 g/mol. The summed E-state index contributed by atoms with van der Waals surface area (Å²) in [5, 5.41) is 16.3. The van der Waals surface area contributed by atoms with Gasteiger partial charge in [0.2, 0.25) is 0 Å². The third-order valence-corrected chi connectivity index (χ3v) is 18.3. The van der Waals surface area contributed by atoms with Gasteiger partial charge in [-0.25, -0.2) is 29.9 Å². The molecule has 5 heterocycles. The van der Waals surface area contributed by atoms with Crippen LogP contribution in [0.5, 0.6) is 0 Å². The molecule has 0 fully saturated rings. The molecule has 0 atom stereocenters. The number of rotatable bonds is 37. The molecule has 9 rings (SSSR count). The quantitative estimate of drug-likeness (QED) is 0.0222. The van der Waals surface area contributed by atoms with Crippen LogP contribution >= 0.6 is 0 Å². The molecule has 2 aliphatic rings. The molecule has 8 bridgehead atoms. The zero-order valence-corrected chi connectivity index (χ0v) is 53.1. The smallest absolute Gasteiger partial charge is 0.270 e. The molecule has 0 radical (unpaired) electrons. The Balaban J connectivity index is 1.41. The number of nitro benzene ring substituents is 1. The third-order valence-electron chi connectivity index (χ3n) is 18.3. The van der Waals surface area contributed by atoms with E-state index in [0.717, 1.165) is 146 Å². The molecule has 0 saturated heterocycles. The highest BCUT2D eigenvalue weighted by atomic mass is 16.6. The van der Waals surface area contributed by atoms with Crippen LogP contribution in [0.15, 0.2) is 54.6 Å². The summed E-state index contributed by atoms with van der Waals surface area (Å²) in [6, 6.07) is 19.3. The predicted octanol–water partition coefficient (Wildman–Crippen LogP) is 21.9. The number of hydrogen-bond donors (Lipinski definition) is 2. The number of nitrogens with zero attached hydrogens (tertiary/aromatic N) is 7. The fourth-order valence-electron chi connectivity index (χ4n) is 13.4. The van der Waals surface area contributed by atoms with Crippen LogP contribution < -0.4 is 0 Å². The maximum absolute atomic E-state index is 12.7. The van der Waals surface area contributed by atoms with E-state index < -0.39 is 0 Å². The SMILES string of the molecule is CCCCCCCc1ccc(CCCCCCC)c2c1-c1nc-2nc2[nH]c(nc3nc(nc4[nH]c(n1)c1ccc([N+](=O)[O-])cc41)-c1c(CCCCCCC)ccc(CCCCCCC)c1-3)c1c(CCCCCCC)ccc(CCCCCCC)c21. The Labute approximate surface area is 508 Å². The molecule has 0 saturated carbocycles. The van der Waals surface area contributed by atoms with Crippen LogP contribution in [-0.4, -0.2) is 44.8 Å². The van der Waals surface area contributed by atoms with Crippen LogP contribution in [0.2, 0.25) is 0 Å². The average molecular weight is 1150 g/mol. The first-order valence-corrected chi connectivity index (χ1v) is 34.4. The Kier molecular flexibility index (Phi) is 24.1. The minimum Gasteiger partial charge on any atom is -0.324 e. The zero-order chi connectivity index (χ0) is 59.3. The number of benzene rings is 4. The molecule has 2 aliphatic heterocycles. The van der Waals surface area contributed by atoms with Gasteiger partial charge in [0.15, 0.2) is 23.3 Å². The van der Waals surface area contributed by atoms with Crippen LogP contribution in [0, 0.1) is 10.1 Å². The van der Waals surface area contributed by atoms with Gasteiger partial charge in [0, 0.05) is 55.9 Å². The third kappa shape index (κ3) is 15.8. The first kappa shape index (κ1) is 63.2. The van der Waals surface area contributed by atoms with Gasteiger partial charge < -0.3 is 9.97 Å². The molecule has 7 aromatic rings. The zero-order valence-electron chi connectivity index (χ0n) is 53.1. The van der Waals surface area contributed by atoms with Crippen molar-refractivity contribution in [3.05, 3.63) is 98.1 Å². The monoisotopic (exact) mass is 1150 g/mol. The van der Waals surface area contributed by atoms with Crippen molar-refractivity contribution in [3.8, 4) is 45.6 Å². The molecule has 0 spiro atoms. The molecular formula is C74H101N9O2. The number of H-pyrrole nitrogens is 2. The molecule has 0 unspecified atom stereocenters. The second kappa shape index (κ2) is 32.4. The van der Waals surface area contributed by atoms with Gasteiger partial charge in [-0.3, -0.25) is 10.1 Å².